The molecule has 0 bridgehead atoms. The van der Waals surface area contributed by atoms with E-state index in [1.165, 1.54) is 12.1 Å². The van der Waals surface area contributed by atoms with Gasteiger partial charge in [-0.05, 0) is 54.8 Å². The Balaban J connectivity index is 1.58. The van der Waals surface area contributed by atoms with Gasteiger partial charge in [0.05, 0.1) is 6.54 Å². The van der Waals surface area contributed by atoms with Gasteiger partial charge in [-0.2, -0.15) is 0 Å². The van der Waals surface area contributed by atoms with E-state index < -0.39 is 0 Å². The number of amides is 1. The Morgan fingerprint density at radius 1 is 1.14 bits per heavy atom. The van der Waals surface area contributed by atoms with Gasteiger partial charge in [-0.25, -0.2) is 9.38 Å². The summed E-state index contributed by atoms with van der Waals surface area (Å²) in [5, 5.41) is 10.2. The Kier molecular flexibility index (Phi) is 6.84. The highest BCUT2D eigenvalue weighted by Gasteiger charge is 2.06. The fraction of sp³-hybridized carbons (Fsp3) is 0.273. The van der Waals surface area contributed by atoms with Gasteiger partial charge >= 0.3 is 0 Å². The number of hydrogen-bond donors (Lipinski definition) is 4. The second kappa shape index (κ2) is 9.73. The standard InChI is InChI=1S/C22H26FN5O/c1-3-25-22(28-13-15-4-6-16(7-5-15)21(29)24-2)26-11-10-17-14-27-20-12-18(23)8-9-19(17)20/h4-9,12,14,27H,3,10-11,13H2,1-2H3,(H,24,29)(H2,25,26,28). The SMILES string of the molecule is CCNC(=NCc1ccc(C(=O)NC)cc1)NCCc1c[nH]c2cc(F)ccc12. The van der Waals surface area contributed by atoms with E-state index in [-0.39, 0.29) is 11.7 Å². The highest BCUT2D eigenvalue weighted by Crippen LogP contribution is 2.19. The largest absolute Gasteiger partial charge is 0.361 e. The lowest BCUT2D eigenvalue weighted by Gasteiger charge is -2.11. The quantitative estimate of drug-likeness (QED) is 0.367. The van der Waals surface area contributed by atoms with Crippen LogP contribution in [-0.2, 0) is 13.0 Å². The number of aromatic amines is 1. The monoisotopic (exact) mass is 395 g/mol. The van der Waals surface area contributed by atoms with Crippen molar-refractivity contribution >= 4 is 22.8 Å². The number of nitrogens with zero attached hydrogens (tertiary/aromatic N) is 1. The molecule has 4 N–H and O–H groups in total. The minimum Gasteiger partial charge on any atom is -0.361 e. The van der Waals surface area contributed by atoms with E-state index in [0.29, 0.717) is 18.7 Å². The Morgan fingerprint density at radius 3 is 2.66 bits per heavy atom. The first-order valence-electron chi connectivity index (χ1n) is 9.69. The number of carbonyl (C=O) groups excluding carboxylic acids is 1. The molecule has 0 fully saturated rings. The first-order valence-corrected chi connectivity index (χ1v) is 9.69. The molecule has 0 spiro atoms. The van der Waals surface area contributed by atoms with Crippen molar-refractivity contribution in [2.45, 2.75) is 19.9 Å². The summed E-state index contributed by atoms with van der Waals surface area (Å²) in [6.07, 6.45) is 2.71. The summed E-state index contributed by atoms with van der Waals surface area (Å²) >= 11 is 0. The van der Waals surface area contributed by atoms with Crippen molar-refractivity contribution in [3.63, 3.8) is 0 Å². The molecular formula is C22H26FN5O. The fourth-order valence-corrected chi connectivity index (χ4v) is 3.10. The molecule has 0 radical (unpaired) electrons. The Bertz CT molecular complexity index is 994. The Labute approximate surface area is 169 Å². The van der Waals surface area contributed by atoms with Gasteiger partial charge in [0.15, 0.2) is 5.96 Å². The summed E-state index contributed by atoms with van der Waals surface area (Å²) in [6, 6.07) is 12.2. The van der Waals surface area contributed by atoms with Gasteiger partial charge in [0.2, 0.25) is 0 Å². The maximum Gasteiger partial charge on any atom is 0.251 e. The van der Waals surface area contributed by atoms with Crippen molar-refractivity contribution in [2.75, 3.05) is 20.1 Å². The van der Waals surface area contributed by atoms with Gasteiger partial charge in [-0.15, -0.1) is 0 Å². The van der Waals surface area contributed by atoms with Gasteiger partial charge in [0, 0.05) is 42.8 Å². The first-order chi connectivity index (χ1) is 14.1. The second-order valence-corrected chi connectivity index (χ2v) is 6.65. The average Bonchev–Trinajstić information content (AvgIpc) is 3.13. The maximum absolute atomic E-state index is 13.3. The van der Waals surface area contributed by atoms with E-state index in [1.54, 1.807) is 25.2 Å². The predicted molar refractivity (Wildman–Crippen MR) is 115 cm³/mol. The second-order valence-electron chi connectivity index (χ2n) is 6.65. The van der Waals surface area contributed by atoms with E-state index in [4.69, 9.17) is 0 Å². The molecule has 7 heteroatoms. The highest BCUT2D eigenvalue weighted by molar-refractivity contribution is 5.94. The molecule has 0 saturated carbocycles. The number of hydrogen-bond acceptors (Lipinski definition) is 2. The molecule has 3 aromatic rings. The summed E-state index contributed by atoms with van der Waals surface area (Å²) in [6.45, 7) is 3.98. The van der Waals surface area contributed by atoms with E-state index in [2.05, 4.69) is 25.9 Å². The first kappa shape index (κ1) is 20.4. The van der Waals surface area contributed by atoms with Crippen LogP contribution in [0.25, 0.3) is 10.9 Å². The topological polar surface area (TPSA) is 81.3 Å². The number of guanidine groups is 1. The Hall–Kier alpha value is -3.35. The van der Waals surface area contributed by atoms with Crippen molar-refractivity contribution in [3.8, 4) is 0 Å². The number of halogens is 1. The average molecular weight is 395 g/mol. The van der Waals surface area contributed by atoms with Crippen molar-refractivity contribution < 1.29 is 9.18 Å². The molecule has 3 rings (SSSR count). The lowest BCUT2D eigenvalue weighted by Crippen LogP contribution is -2.38. The van der Waals surface area contributed by atoms with Crippen LogP contribution < -0.4 is 16.0 Å². The lowest BCUT2D eigenvalue weighted by molar-refractivity contribution is 0.0963. The molecule has 0 atom stereocenters. The molecule has 1 heterocycles. The van der Waals surface area contributed by atoms with Crippen LogP contribution >= 0.6 is 0 Å². The molecule has 29 heavy (non-hydrogen) atoms. The maximum atomic E-state index is 13.3. The molecule has 0 unspecified atom stereocenters. The molecule has 0 aliphatic carbocycles. The number of fused-ring (bicyclic) bond motifs is 1. The highest BCUT2D eigenvalue weighted by atomic mass is 19.1. The van der Waals surface area contributed by atoms with Crippen molar-refractivity contribution in [3.05, 3.63) is 71.2 Å². The van der Waals surface area contributed by atoms with Crippen LogP contribution in [0, 0.1) is 5.82 Å². The third-order valence-electron chi connectivity index (χ3n) is 4.62. The third kappa shape index (κ3) is 5.34. The molecule has 6 nitrogen and oxygen atoms in total. The van der Waals surface area contributed by atoms with Gasteiger partial charge in [0.1, 0.15) is 5.82 Å². The number of nitrogens with one attached hydrogen (secondary N) is 4. The van der Waals surface area contributed by atoms with Crippen LogP contribution in [0.5, 0.6) is 0 Å². The molecule has 0 saturated heterocycles. The van der Waals surface area contributed by atoms with Crippen LogP contribution in [0.2, 0.25) is 0 Å². The number of aromatic nitrogens is 1. The van der Waals surface area contributed by atoms with E-state index in [1.807, 2.05) is 25.3 Å². The van der Waals surface area contributed by atoms with Gasteiger partial charge in [0.25, 0.3) is 5.91 Å². The van der Waals surface area contributed by atoms with E-state index in [9.17, 15) is 9.18 Å². The van der Waals surface area contributed by atoms with Crippen LogP contribution in [0.3, 0.4) is 0 Å². The number of aliphatic imine (C=N–C) groups is 1. The normalized spacial score (nSPS) is 11.5. The van der Waals surface area contributed by atoms with Crippen molar-refractivity contribution in [2.24, 2.45) is 4.99 Å². The molecule has 0 aliphatic heterocycles. The molecule has 1 aromatic heterocycles. The van der Waals surface area contributed by atoms with Gasteiger partial charge < -0.3 is 20.9 Å². The smallest absolute Gasteiger partial charge is 0.251 e. The minimum absolute atomic E-state index is 0.102. The van der Waals surface area contributed by atoms with Crippen LogP contribution in [0.15, 0.2) is 53.7 Å². The summed E-state index contributed by atoms with van der Waals surface area (Å²) in [5.74, 6) is 0.387. The Morgan fingerprint density at radius 2 is 1.93 bits per heavy atom. The zero-order valence-electron chi connectivity index (χ0n) is 16.7. The van der Waals surface area contributed by atoms with Crippen LogP contribution in [-0.4, -0.2) is 37.0 Å². The number of H-pyrrole nitrogens is 1. The predicted octanol–water partition coefficient (Wildman–Crippen LogP) is 2.96. The summed E-state index contributed by atoms with van der Waals surface area (Å²) in [4.78, 5) is 19.3. The zero-order chi connectivity index (χ0) is 20.6. The van der Waals surface area contributed by atoms with E-state index >= 15 is 0 Å². The summed E-state index contributed by atoms with van der Waals surface area (Å²) in [5.41, 5.74) is 3.59. The fourth-order valence-electron chi connectivity index (χ4n) is 3.10. The van der Waals surface area contributed by atoms with Crippen LogP contribution in [0.1, 0.15) is 28.4 Å². The summed E-state index contributed by atoms with van der Waals surface area (Å²) < 4.78 is 13.3. The summed E-state index contributed by atoms with van der Waals surface area (Å²) in [7, 11) is 1.61. The van der Waals surface area contributed by atoms with Gasteiger partial charge in [-0.1, -0.05) is 12.1 Å². The van der Waals surface area contributed by atoms with Crippen LogP contribution in [0.4, 0.5) is 4.39 Å². The van der Waals surface area contributed by atoms with Crippen molar-refractivity contribution in [1.29, 1.82) is 0 Å². The van der Waals surface area contributed by atoms with E-state index in [0.717, 1.165) is 41.0 Å². The minimum atomic E-state index is -0.242. The lowest BCUT2D eigenvalue weighted by atomic mass is 10.1. The van der Waals surface area contributed by atoms with Gasteiger partial charge in [-0.3, -0.25) is 4.79 Å². The molecule has 152 valence electrons. The number of carbonyl (C=O) groups is 1. The molecule has 2 aromatic carbocycles. The molecule has 1 amide bonds. The molecule has 0 aliphatic rings. The molecular weight excluding hydrogens is 369 g/mol. The number of rotatable bonds is 7. The zero-order valence-corrected chi connectivity index (χ0v) is 16.7. The number of benzene rings is 2. The third-order valence-corrected chi connectivity index (χ3v) is 4.62. The van der Waals surface area contributed by atoms with Crippen molar-refractivity contribution in [1.82, 2.24) is 20.9 Å².